The molecule has 16 heavy (non-hydrogen) atoms. The molecule has 3 fully saturated rings. The van der Waals surface area contributed by atoms with Crippen LogP contribution in [-0.2, 0) is 13.0 Å². The molecule has 2 N–H and O–H groups in total. The second-order valence-corrected chi connectivity index (χ2v) is 5.26. The van der Waals surface area contributed by atoms with Crippen molar-refractivity contribution in [2.45, 2.75) is 31.8 Å². The average molecular weight is 216 g/mol. The predicted molar refractivity (Wildman–Crippen MR) is 66.1 cm³/mol. The van der Waals surface area contributed by atoms with Crippen molar-refractivity contribution < 1.29 is 0 Å². The van der Waals surface area contributed by atoms with Gasteiger partial charge in [0.1, 0.15) is 0 Å². The molecule has 3 aliphatic rings. The molecular formula is C14H20N2. The predicted octanol–water partition coefficient (Wildman–Crippen LogP) is 1.78. The molecule has 2 heteroatoms. The van der Waals surface area contributed by atoms with Crippen LogP contribution in [0.25, 0.3) is 0 Å². The fraction of sp³-hybridized carbons (Fsp3) is 0.571. The maximum atomic E-state index is 5.66. The molecule has 86 valence electrons. The van der Waals surface area contributed by atoms with Crippen LogP contribution in [0.15, 0.2) is 24.3 Å². The fourth-order valence-electron chi connectivity index (χ4n) is 3.09. The first-order valence-electron chi connectivity index (χ1n) is 6.37. The van der Waals surface area contributed by atoms with Gasteiger partial charge in [-0.2, -0.15) is 0 Å². The lowest BCUT2D eigenvalue weighted by Gasteiger charge is -2.25. The summed E-state index contributed by atoms with van der Waals surface area (Å²) in [5.41, 5.74) is 8.35. The van der Waals surface area contributed by atoms with Crippen molar-refractivity contribution in [3.63, 3.8) is 0 Å². The van der Waals surface area contributed by atoms with E-state index >= 15 is 0 Å². The van der Waals surface area contributed by atoms with Crippen molar-refractivity contribution in [1.29, 1.82) is 0 Å². The molecule has 0 aromatic heterocycles. The molecule has 0 spiro atoms. The van der Waals surface area contributed by atoms with Crippen LogP contribution in [0, 0.1) is 5.92 Å². The Morgan fingerprint density at radius 2 is 2.06 bits per heavy atom. The third-order valence-electron chi connectivity index (χ3n) is 4.13. The Hall–Kier alpha value is -0.860. The molecule has 1 aromatic rings. The van der Waals surface area contributed by atoms with E-state index in [-0.39, 0.29) is 0 Å². The van der Waals surface area contributed by atoms with Crippen molar-refractivity contribution in [3.8, 4) is 0 Å². The molecule has 1 aromatic carbocycles. The summed E-state index contributed by atoms with van der Waals surface area (Å²) in [6.45, 7) is 3.23. The quantitative estimate of drug-likeness (QED) is 0.831. The van der Waals surface area contributed by atoms with E-state index in [1.54, 1.807) is 0 Å². The van der Waals surface area contributed by atoms with Gasteiger partial charge >= 0.3 is 0 Å². The van der Waals surface area contributed by atoms with Crippen LogP contribution in [0.1, 0.15) is 24.0 Å². The molecule has 0 radical (unpaired) electrons. The maximum absolute atomic E-state index is 5.66. The summed E-state index contributed by atoms with van der Waals surface area (Å²) in [5.74, 6) is 1.03. The van der Waals surface area contributed by atoms with Crippen LogP contribution in [0.5, 0.6) is 0 Å². The third-order valence-corrected chi connectivity index (χ3v) is 4.13. The number of nitrogens with zero attached hydrogens (tertiary/aromatic N) is 1. The van der Waals surface area contributed by atoms with Gasteiger partial charge in [0.15, 0.2) is 0 Å². The molecule has 4 rings (SSSR count). The van der Waals surface area contributed by atoms with Crippen LogP contribution in [-0.4, -0.2) is 24.0 Å². The topological polar surface area (TPSA) is 29.3 Å². The highest BCUT2D eigenvalue weighted by Gasteiger charge is 2.41. The monoisotopic (exact) mass is 216 g/mol. The summed E-state index contributed by atoms with van der Waals surface area (Å²) in [5, 5.41) is 0. The number of hydrogen-bond acceptors (Lipinski definition) is 2. The van der Waals surface area contributed by atoms with Gasteiger partial charge in [0.2, 0.25) is 0 Å². The molecule has 0 amide bonds. The van der Waals surface area contributed by atoms with Crippen LogP contribution >= 0.6 is 0 Å². The Kier molecular flexibility index (Phi) is 2.70. The van der Waals surface area contributed by atoms with E-state index in [0.29, 0.717) is 6.54 Å². The summed E-state index contributed by atoms with van der Waals surface area (Å²) in [4.78, 5) is 2.67. The van der Waals surface area contributed by atoms with Crippen LogP contribution in [0.2, 0.25) is 0 Å². The van der Waals surface area contributed by atoms with E-state index < -0.39 is 0 Å². The van der Waals surface area contributed by atoms with Gasteiger partial charge in [-0.15, -0.1) is 0 Å². The molecular weight excluding hydrogens is 196 g/mol. The fourth-order valence-corrected chi connectivity index (χ4v) is 3.09. The summed E-state index contributed by atoms with van der Waals surface area (Å²) < 4.78 is 0. The lowest BCUT2D eigenvalue weighted by Crippen LogP contribution is -2.30. The lowest BCUT2D eigenvalue weighted by molar-refractivity contribution is 0.249. The molecule has 2 aliphatic heterocycles. The number of nitrogens with two attached hydrogens (primary N) is 1. The SMILES string of the molecule is NCc1cccc(CCN2CC3CC2C3)c1. The first-order valence-corrected chi connectivity index (χ1v) is 6.37. The number of fused-ring (bicyclic) bond motifs is 1. The van der Waals surface area contributed by atoms with Gasteiger partial charge in [-0.05, 0) is 36.3 Å². The smallest absolute Gasteiger partial charge is 0.0178 e. The molecule has 0 atom stereocenters. The minimum Gasteiger partial charge on any atom is -0.326 e. The zero-order valence-electron chi connectivity index (χ0n) is 9.73. The summed E-state index contributed by atoms with van der Waals surface area (Å²) in [7, 11) is 0. The Morgan fingerprint density at radius 3 is 2.75 bits per heavy atom. The highest BCUT2D eigenvalue weighted by atomic mass is 15.2. The summed E-state index contributed by atoms with van der Waals surface area (Å²) in [6.07, 6.45) is 4.10. The standard InChI is InChI=1S/C14H20N2/c15-9-12-3-1-2-11(6-12)4-5-16-10-13-7-14(16)8-13/h1-3,6,13-14H,4-5,7-10,15H2. The van der Waals surface area contributed by atoms with Gasteiger partial charge in [0.05, 0.1) is 0 Å². The van der Waals surface area contributed by atoms with Gasteiger partial charge in [0, 0.05) is 25.7 Å². The number of rotatable bonds is 4. The van der Waals surface area contributed by atoms with E-state index in [4.69, 9.17) is 5.73 Å². The molecule has 2 saturated heterocycles. The van der Waals surface area contributed by atoms with E-state index in [0.717, 1.165) is 12.0 Å². The minimum atomic E-state index is 0.655. The first kappa shape index (κ1) is 10.3. The largest absolute Gasteiger partial charge is 0.326 e. The van der Waals surface area contributed by atoms with E-state index in [2.05, 4.69) is 29.2 Å². The Balaban J connectivity index is 1.57. The van der Waals surface area contributed by atoms with E-state index in [1.807, 2.05) is 0 Å². The van der Waals surface area contributed by atoms with E-state index in [9.17, 15) is 0 Å². The molecule has 2 heterocycles. The normalized spacial score (nSPS) is 28.1. The molecule has 2 bridgehead atoms. The van der Waals surface area contributed by atoms with Crippen molar-refractivity contribution in [2.24, 2.45) is 11.7 Å². The second-order valence-electron chi connectivity index (χ2n) is 5.26. The number of benzene rings is 1. The van der Waals surface area contributed by atoms with Crippen LogP contribution in [0.3, 0.4) is 0 Å². The Labute approximate surface area is 97.4 Å². The van der Waals surface area contributed by atoms with Crippen molar-refractivity contribution in [1.82, 2.24) is 4.90 Å². The van der Waals surface area contributed by atoms with Gasteiger partial charge in [-0.25, -0.2) is 0 Å². The van der Waals surface area contributed by atoms with Gasteiger partial charge in [-0.3, -0.25) is 4.90 Å². The number of hydrogen-bond donors (Lipinski definition) is 1. The molecule has 1 aliphatic carbocycles. The van der Waals surface area contributed by atoms with Gasteiger partial charge in [-0.1, -0.05) is 24.3 Å². The minimum absolute atomic E-state index is 0.655. The molecule has 1 saturated carbocycles. The van der Waals surface area contributed by atoms with E-state index in [1.165, 1.54) is 43.5 Å². The van der Waals surface area contributed by atoms with Crippen molar-refractivity contribution in [3.05, 3.63) is 35.4 Å². The van der Waals surface area contributed by atoms with Gasteiger partial charge in [0.25, 0.3) is 0 Å². The lowest BCUT2D eigenvalue weighted by atomic mass is 9.86. The van der Waals surface area contributed by atoms with Crippen molar-refractivity contribution in [2.75, 3.05) is 13.1 Å². The summed E-state index contributed by atoms with van der Waals surface area (Å²) >= 11 is 0. The zero-order chi connectivity index (χ0) is 11.0. The molecule has 0 unspecified atom stereocenters. The summed E-state index contributed by atoms with van der Waals surface area (Å²) in [6, 6.07) is 9.63. The Bertz CT molecular complexity index is 369. The first-order chi connectivity index (χ1) is 7.85. The zero-order valence-corrected chi connectivity index (χ0v) is 9.73. The van der Waals surface area contributed by atoms with Crippen molar-refractivity contribution >= 4 is 0 Å². The van der Waals surface area contributed by atoms with Crippen LogP contribution in [0.4, 0.5) is 0 Å². The van der Waals surface area contributed by atoms with Gasteiger partial charge < -0.3 is 5.73 Å². The third kappa shape index (κ3) is 1.87. The second kappa shape index (κ2) is 4.19. The maximum Gasteiger partial charge on any atom is 0.0178 e. The highest BCUT2D eigenvalue weighted by molar-refractivity contribution is 5.23. The highest BCUT2D eigenvalue weighted by Crippen LogP contribution is 2.40. The average Bonchev–Trinajstić information content (AvgIpc) is 2.85. The Morgan fingerprint density at radius 1 is 1.25 bits per heavy atom. The molecule has 2 nitrogen and oxygen atoms in total. The van der Waals surface area contributed by atoms with Crippen LogP contribution < -0.4 is 5.73 Å².